The van der Waals surface area contributed by atoms with Crippen molar-refractivity contribution in [1.29, 1.82) is 0 Å². The summed E-state index contributed by atoms with van der Waals surface area (Å²) in [6.45, 7) is 16.7. The van der Waals surface area contributed by atoms with Crippen molar-refractivity contribution in [3.05, 3.63) is 230 Å². The first-order valence-electron chi connectivity index (χ1n) is 29.2. The number of aryl methyl sites for hydroxylation is 1. The highest BCUT2D eigenvalue weighted by atomic mass is 32.2. The molecule has 4 heterocycles. The fourth-order valence-corrected chi connectivity index (χ4v) is 15.2. The van der Waals surface area contributed by atoms with Gasteiger partial charge in [-0.15, -0.1) is 0 Å². The highest BCUT2D eigenvalue weighted by molar-refractivity contribution is 8.00. The average Bonchev–Trinajstić information content (AvgIpc) is 4.10. The number of unbranched alkanes of at least 4 members (excludes halogenated alkanes) is 1. The molecular formula is C75H68BN3S. The second kappa shape index (κ2) is 20.0. The predicted molar refractivity (Wildman–Crippen MR) is 345 cm³/mol. The molecule has 0 aliphatic carbocycles. The summed E-state index contributed by atoms with van der Waals surface area (Å²) in [6, 6.07) is 83.1. The van der Waals surface area contributed by atoms with E-state index in [4.69, 9.17) is 0 Å². The van der Waals surface area contributed by atoms with E-state index in [1.165, 1.54) is 139 Å². The van der Waals surface area contributed by atoms with Gasteiger partial charge in [-0.25, -0.2) is 0 Å². The Bertz CT molecular complexity index is 4170. The molecule has 0 saturated heterocycles. The van der Waals surface area contributed by atoms with Gasteiger partial charge in [0.2, 0.25) is 6.71 Å². The third kappa shape index (κ3) is 8.42. The average molecular weight is 1050 g/mol. The van der Waals surface area contributed by atoms with E-state index in [2.05, 4.69) is 281 Å². The van der Waals surface area contributed by atoms with Gasteiger partial charge in [0.05, 0.1) is 27.8 Å². The molecule has 10 aromatic carbocycles. The van der Waals surface area contributed by atoms with E-state index in [1.54, 1.807) is 0 Å². The Labute approximate surface area is 477 Å². The molecule has 3 nitrogen and oxygen atoms in total. The minimum absolute atomic E-state index is 0.0111. The number of anilines is 3. The molecule has 0 unspecified atom stereocenters. The second-order valence-electron chi connectivity index (χ2n) is 24.4. The minimum Gasteiger partial charge on any atom is -0.310 e. The molecule has 0 saturated carbocycles. The Morgan fingerprint density at radius 3 is 1.43 bits per heavy atom. The number of benzene rings is 10. The standard InChI is InChI=1S/C75H68BN3S/c1-48(2)56(49(3)4)29-15-14-24-50-42-70-73-72(43-50)80-71-47-55(78-67-36-22-18-32-59(67)60-33-19-23-37-68(60)78)39-41-64(71)76(73)63-40-38-54(77-65-34-20-16-30-57(65)58-31-17-21-35-66(58)77)46-69(63)79(70)74-61(51-25-10-8-11-26-51)44-53(75(5,6)7)45-62(74)52-27-12-9-13-28-52/h8-13,16-23,25-28,30-49,56H,14-15,24,29H2,1-7H3. The summed E-state index contributed by atoms with van der Waals surface area (Å²) in [5.74, 6) is 2.07. The van der Waals surface area contributed by atoms with Crippen LogP contribution in [0.5, 0.6) is 0 Å². The van der Waals surface area contributed by atoms with Gasteiger partial charge in [0.25, 0.3) is 0 Å². The topological polar surface area (TPSA) is 13.1 Å². The van der Waals surface area contributed by atoms with Gasteiger partial charge in [0.1, 0.15) is 0 Å². The van der Waals surface area contributed by atoms with Crippen LogP contribution in [0.15, 0.2) is 228 Å². The van der Waals surface area contributed by atoms with Crippen LogP contribution in [0.3, 0.4) is 0 Å². The Morgan fingerprint density at radius 1 is 0.450 bits per heavy atom. The quantitative estimate of drug-likeness (QED) is 0.0893. The molecule has 5 heteroatoms. The Morgan fingerprint density at radius 2 is 0.925 bits per heavy atom. The summed E-state index contributed by atoms with van der Waals surface area (Å²) in [5, 5.41) is 5.08. The van der Waals surface area contributed by atoms with Gasteiger partial charge in [-0.05, 0) is 148 Å². The van der Waals surface area contributed by atoms with Crippen molar-refractivity contribution in [1.82, 2.24) is 9.13 Å². The van der Waals surface area contributed by atoms with Crippen LogP contribution in [0.4, 0.5) is 17.1 Å². The summed E-state index contributed by atoms with van der Waals surface area (Å²) < 4.78 is 4.99. The lowest BCUT2D eigenvalue weighted by Gasteiger charge is -2.42. The van der Waals surface area contributed by atoms with E-state index < -0.39 is 0 Å². The van der Waals surface area contributed by atoms with E-state index in [-0.39, 0.29) is 12.1 Å². The van der Waals surface area contributed by atoms with Gasteiger partial charge in [-0.3, -0.25) is 0 Å². The molecule has 2 aliphatic heterocycles. The van der Waals surface area contributed by atoms with Gasteiger partial charge in [0.15, 0.2) is 0 Å². The monoisotopic (exact) mass is 1050 g/mol. The molecule has 0 fully saturated rings. The summed E-state index contributed by atoms with van der Waals surface area (Å²) >= 11 is 1.98. The van der Waals surface area contributed by atoms with E-state index >= 15 is 0 Å². The van der Waals surface area contributed by atoms with Crippen molar-refractivity contribution in [2.75, 3.05) is 4.90 Å². The van der Waals surface area contributed by atoms with Crippen LogP contribution in [0.1, 0.15) is 78.9 Å². The molecule has 0 atom stereocenters. The normalized spacial score (nSPS) is 13.1. The Balaban J connectivity index is 1.06. The van der Waals surface area contributed by atoms with E-state index in [0.717, 1.165) is 24.4 Å². The number of nitrogens with zero attached hydrogens (tertiary/aromatic N) is 3. The maximum atomic E-state index is 2.73. The number of hydrogen-bond donors (Lipinski definition) is 0. The van der Waals surface area contributed by atoms with Crippen LogP contribution < -0.4 is 21.3 Å². The molecule has 2 aliphatic rings. The van der Waals surface area contributed by atoms with Crippen molar-refractivity contribution >= 4 is 95.5 Å². The van der Waals surface area contributed by atoms with E-state index in [9.17, 15) is 0 Å². The van der Waals surface area contributed by atoms with E-state index in [0.29, 0.717) is 11.8 Å². The molecule has 14 rings (SSSR count). The van der Waals surface area contributed by atoms with Gasteiger partial charge >= 0.3 is 0 Å². The molecule has 12 aromatic rings. The molecule has 80 heavy (non-hydrogen) atoms. The van der Waals surface area contributed by atoms with Crippen LogP contribution in [0.25, 0.3) is 77.2 Å². The van der Waals surface area contributed by atoms with Crippen LogP contribution in [0.2, 0.25) is 0 Å². The van der Waals surface area contributed by atoms with Crippen molar-refractivity contribution in [3.8, 4) is 33.6 Å². The Hall–Kier alpha value is -7.99. The van der Waals surface area contributed by atoms with Gasteiger partial charge in [-0.2, -0.15) is 0 Å². The molecular weight excluding hydrogens is 986 g/mol. The zero-order valence-corrected chi connectivity index (χ0v) is 48.0. The maximum absolute atomic E-state index is 2.73. The largest absolute Gasteiger partial charge is 0.310 e. The first-order chi connectivity index (χ1) is 39.0. The van der Waals surface area contributed by atoms with E-state index in [1.807, 2.05) is 11.8 Å². The van der Waals surface area contributed by atoms with Crippen molar-refractivity contribution in [2.24, 2.45) is 17.8 Å². The number of rotatable bonds is 12. The predicted octanol–water partition coefficient (Wildman–Crippen LogP) is 18.9. The minimum atomic E-state index is -0.109. The van der Waals surface area contributed by atoms with Crippen molar-refractivity contribution < 1.29 is 0 Å². The summed E-state index contributed by atoms with van der Waals surface area (Å²) in [6.07, 6.45) is 4.64. The van der Waals surface area contributed by atoms with Crippen LogP contribution in [-0.4, -0.2) is 15.8 Å². The molecule has 0 radical (unpaired) electrons. The molecule has 0 amide bonds. The summed E-state index contributed by atoms with van der Waals surface area (Å²) in [4.78, 5) is 5.40. The van der Waals surface area contributed by atoms with Gasteiger partial charge in [-0.1, -0.05) is 218 Å². The highest BCUT2D eigenvalue weighted by Crippen LogP contribution is 2.52. The van der Waals surface area contributed by atoms with Crippen LogP contribution in [0, 0.1) is 17.8 Å². The molecule has 0 bridgehead atoms. The lowest BCUT2D eigenvalue weighted by molar-refractivity contribution is 0.262. The third-order valence-corrected chi connectivity index (χ3v) is 18.9. The first kappa shape index (κ1) is 50.2. The number of hydrogen-bond acceptors (Lipinski definition) is 2. The first-order valence-corrected chi connectivity index (χ1v) is 30.0. The van der Waals surface area contributed by atoms with Crippen LogP contribution >= 0.6 is 11.8 Å². The third-order valence-electron chi connectivity index (χ3n) is 17.8. The van der Waals surface area contributed by atoms with Crippen LogP contribution in [-0.2, 0) is 11.8 Å². The summed E-state index contributed by atoms with van der Waals surface area (Å²) in [5.41, 5.74) is 22.5. The highest BCUT2D eigenvalue weighted by Gasteiger charge is 2.43. The van der Waals surface area contributed by atoms with Crippen molar-refractivity contribution in [3.63, 3.8) is 0 Å². The number of aromatic nitrogens is 2. The fraction of sp³-hybridized carbons (Fsp3) is 0.200. The molecule has 2 aromatic heterocycles. The maximum Gasteiger partial charge on any atom is 0.249 e. The zero-order chi connectivity index (χ0) is 54.4. The fourth-order valence-electron chi connectivity index (χ4n) is 14.0. The molecule has 0 spiro atoms. The lowest BCUT2D eigenvalue weighted by Crippen LogP contribution is -2.60. The van der Waals surface area contributed by atoms with Gasteiger partial charge in [0, 0.05) is 65.2 Å². The molecule has 392 valence electrons. The number of fused-ring (bicyclic) bond motifs is 10. The molecule has 0 N–H and O–H groups in total. The van der Waals surface area contributed by atoms with Gasteiger partial charge < -0.3 is 14.0 Å². The second-order valence-corrected chi connectivity index (χ2v) is 25.5. The smallest absolute Gasteiger partial charge is 0.249 e. The lowest BCUT2D eigenvalue weighted by atomic mass is 9.34. The Kier molecular flexibility index (Phi) is 12.5. The SMILES string of the molecule is CC(C)C(CCCCc1cc2c3c(c1)N(c1c(-c4ccccc4)cc(C(C)(C)C)cc1-c1ccccc1)c1cc(-n4c5ccccc5c5ccccc54)ccc1B3c1ccc(-n3c4ccccc4c4ccccc43)cc1S2)C(C)C. The summed E-state index contributed by atoms with van der Waals surface area (Å²) in [7, 11) is 0. The number of para-hydroxylation sites is 4. The van der Waals surface area contributed by atoms with Crippen molar-refractivity contribution in [2.45, 2.75) is 89.4 Å². The zero-order valence-electron chi connectivity index (χ0n) is 47.2.